The predicted molar refractivity (Wildman–Crippen MR) is 73.4 cm³/mol. The third-order valence-electron chi connectivity index (χ3n) is 2.69. The molecule has 0 spiro atoms. The Morgan fingerprint density at radius 2 is 1.63 bits per heavy atom. The quantitative estimate of drug-likeness (QED) is 0.873. The zero-order valence-corrected chi connectivity index (χ0v) is 11.4. The third kappa shape index (κ3) is 3.66. The summed E-state index contributed by atoms with van der Waals surface area (Å²) in [6.07, 6.45) is 0. The van der Waals surface area contributed by atoms with Gasteiger partial charge >= 0.3 is 0 Å². The highest BCUT2D eigenvalue weighted by Gasteiger charge is 2.07. The van der Waals surface area contributed by atoms with Crippen molar-refractivity contribution in [2.75, 3.05) is 0 Å². The molecule has 0 aliphatic heterocycles. The monoisotopic (exact) mass is 301 g/mol. The lowest BCUT2D eigenvalue weighted by molar-refractivity contribution is 0.568. The van der Waals surface area contributed by atoms with Gasteiger partial charge in [0.25, 0.3) is 0 Å². The van der Waals surface area contributed by atoms with Crippen LogP contribution in [0, 0.1) is 11.6 Å². The Bertz CT molecular complexity index is 567. The summed E-state index contributed by atoms with van der Waals surface area (Å²) in [7, 11) is 0. The van der Waals surface area contributed by atoms with Gasteiger partial charge in [-0.2, -0.15) is 0 Å². The largest absolute Gasteiger partial charge is 0.308 e. The molecule has 0 aromatic heterocycles. The van der Waals surface area contributed by atoms with Crippen molar-refractivity contribution in [3.05, 3.63) is 69.2 Å². The van der Waals surface area contributed by atoms with Crippen molar-refractivity contribution < 1.29 is 8.78 Å². The number of benzene rings is 2. The van der Waals surface area contributed by atoms with E-state index in [4.69, 9.17) is 23.2 Å². The normalized spacial score (nSPS) is 10.7. The summed E-state index contributed by atoms with van der Waals surface area (Å²) in [5.74, 6) is -0.909. The number of halogens is 4. The highest BCUT2D eigenvalue weighted by Crippen LogP contribution is 2.24. The minimum Gasteiger partial charge on any atom is -0.308 e. The van der Waals surface area contributed by atoms with Gasteiger partial charge in [-0.15, -0.1) is 0 Å². The first-order valence-electron chi connectivity index (χ1n) is 5.65. The molecule has 1 N–H and O–H groups in total. The van der Waals surface area contributed by atoms with Crippen LogP contribution in [0.1, 0.15) is 11.1 Å². The lowest BCUT2D eigenvalue weighted by Gasteiger charge is -2.09. The van der Waals surface area contributed by atoms with Gasteiger partial charge in [-0.05, 0) is 30.3 Å². The van der Waals surface area contributed by atoms with Crippen LogP contribution in [-0.2, 0) is 13.1 Å². The molecular weight excluding hydrogens is 291 g/mol. The minimum atomic E-state index is -0.464. The van der Waals surface area contributed by atoms with E-state index in [1.54, 1.807) is 18.2 Å². The van der Waals surface area contributed by atoms with Crippen LogP contribution in [-0.4, -0.2) is 0 Å². The maximum Gasteiger partial charge on any atom is 0.127 e. The number of hydrogen-bond acceptors (Lipinski definition) is 1. The zero-order valence-electron chi connectivity index (χ0n) is 9.89. The molecule has 0 saturated carbocycles. The van der Waals surface area contributed by atoms with Crippen molar-refractivity contribution in [3.8, 4) is 0 Å². The fraction of sp³-hybridized carbons (Fsp3) is 0.143. The fourth-order valence-corrected chi connectivity index (χ4v) is 2.23. The molecule has 0 atom stereocenters. The molecule has 0 radical (unpaired) electrons. The molecule has 0 fully saturated rings. The summed E-state index contributed by atoms with van der Waals surface area (Å²) >= 11 is 12.0. The average Bonchev–Trinajstić information content (AvgIpc) is 2.37. The summed E-state index contributed by atoms with van der Waals surface area (Å²) in [6.45, 7) is 0.583. The Labute approximate surface area is 120 Å². The lowest BCUT2D eigenvalue weighted by atomic mass is 10.2. The molecule has 0 amide bonds. The van der Waals surface area contributed by atoms with E-state index in [1.807, 2.05) is 0 Å². The van der Waals surface area contributed by atoms with Crippen molar-refractivity contribution in [2.45, 2.75) is 13.1 Å². The summed E-state index contributed by atoms with van der Waals surface area (Å²) in [5, 5.41) is 4.07. The van der Waals surface area contributed by atoms with Gasteiger partial charge in [-0.3, -0.25) is 0 Å². The smallest absolute Gasteiger partial charge is 0.127 e. The molecule has 19 heavy (non-hydrogen) atoms. The number of rotatable bonds is 4. The topological polar surface area (TPSA) is 12.0 Å². The van der Waals surface area contributed by atoms with Crippen LogP contribution in [0.4, 0.5) is 8.78 Å². The van der Waals surface area contributed by atoms with Crippen molar-refractivity contribution in [3.63, 3.8) is 0 Å². The van der Waals surface area contributed by atoms with Crippen molar-refractivity contribution in [1.29, 1.82) is 0 Å². The van der Waals surface area contributed by atoms with E-state index in [1.165, 1.54) is 0 Å². The molecule has 0 unspecified atom stereocenters. The minimum absolute atomic E-state index is 0.200. The molecular formula is C14H11Cl2F2N. The second-order valence-electron chi connectivity index (χ2n) is 4.04. The summed E-state index contributed by atoms with van der Waals surface area (Å²) in [5.41, 5.74) is 1.01. The van der Waals surface area contributed by atoms with Crippen LogP contribution in [0.25, 0.3) is 0 Å². The number of nitrogens with one attached hydrogen (secondary N) is 1. The molecule has 0 aliphatic carbocycles. The predicted octanol–water partition coefficient (Wildman–Crippen LogP) is 4.56. The highest BCUT2D eigenvalue weighted by atomic mass is 35.5. The molecule has 2 rings (SSSR count). The van der Waals surface area contributed by atoms with Gasteiger partial charge in [0.1, 0.15) is 11.6 Å². The van der Waals surface area contributed by atoms with Crippen LogP contribution < -0.4 is 5.32 Å². The Balaban J connectivity index is 2.02. The lowest BCUT2D eigenvalue weighted by Crippen LogP contribution is -2.14. The first kappa shape index (κ1) is 14.3. The molecule has 5 heteroatoms. The van der Waals surface area contributed by atoms with Gasteiger partial charge in [0.15, 0.2) is 0 Å². The van der Waals surface area contributed by atoms with Crippen LogP contribution in [0.5, 0.6) is 0 Å². The maximum atomic E-state index is 13.4. The maximum absolute atomic E-state index is 13.4. The van der Waals surface area contributed by atoms with Crippen LogP contribution in [0.2, 0.25) is 10.0 Å². The molecule has 0 heterocycles. The second-order valence-corrected chi connectivity index (χ2v) is 4.85. The molecule has 0 bridgehead atoms. The van der Waals surface area contributed by atoms with E-state index in [0.29, 0.717) is 16.6 Å². The van der Waals surface area contributed by atoms with E-state index in [9.17, 15) is 8.78 Å². The molecule has 0 saturated heterocycles. The van der Waals surface area contributed by atoms with Crippen molar-refractivity contribution in [1.82, 2.24) is 5.32 Å². The van der Waals surface area contributed by atoms with E-state index in [0.717, 1.165) is 23.8 Å². The van der Waals surface area contributed by atoms with Gasteiger partial charge in [0.05, 0.1) is 0 Å². The average molecular weight is 302 g/mol. The molecule has 2 aromatic carbocycles. The zero-order chi connectivity index (χ0) is 13.8. The summed E-state index contributed by atoms with van der Waals surface area (Å²) in [6, 6.07) is 8.57. The molecule has 100 valence electrons. The molecule has 0 aliphatic rings. The first-order valence-corrected chi connectivity index (χ1v) is 6.41. The van der Waals surface area contributed by atoms with E-state index < -0.39 is 11.6 Å². The van der Waals surface area contributed by atoms with Gasteiger partial charge in [0, 0.05) is 34.3 Å². The Hall–Kier alpha value is -1.16. The van der Waals surface area contributed by atoms with E-state index in [2.05, 4.69) is 5.32 Å². The second kappa shape index (κ2) is 6.33. The Morgan fingerprint density at radius 3 is 2.32 bits per heavy atom. The standard InChI is InChI=1S/C14H11Cl2F2N/c15-12-2-1-3-13(16)11(12)8-19-7-9-6-10(17)4-5-14(9)18/h1-6,19H,7-8H2. The Kier molecular flexibility index (Phi) is 4.75. The van der Waals surface area contributed by atoms with Gasteiger partial charge in [-0.25, -0.2) is 8.78 Å². The summed E-state index contributed by atoms with van der Waals surface area (Å²) < 4.78 is 26.4. The first-order chi connectivity index (χ1) is 9.08. The fourth-order valence-electron chi connectivity index (χ4n) is 1.70. The van der Waals surface area contributed by atoms with E-state index >= 15 is 0 Å². The van der Waals surface area contributed by atoms with Crippen LogP contribution in [0.15, 0.2) is 36.4 Å². The SMILES string of the molecule is Fc1ccc(F)c(CNCc2c(Cl)cccc2Cl)c1. The highest BCUT2D eigenvalue weighted by molar-refractivity contribution is 6.35. The van der Waals surface area contributed by atoms with Gasteiger partial charge in [-0.1, -0.05) is 29.3 Å². The van der Waals surface area contributed by atoms with E-state index in [-0.39, 0.29) is 12.1 Å². The molecule has 1 nitrogen and oxygen atoms in total. The Morgan fingerprint density at radius 1 is 0.947 bits per heavy atom. The van der Waals surface area contributed by atoms with Gasteiger partial charge < -0.3 is 5.32 Å². The van der Waals surface area contributed by atoms with Crippen LogP contribution in [0.3, 0.4) is 0 Å². The third-order valence-corrected chi connectivity index (χ3v) is 3.39. The van der Waals surface area contributed by atoms with Crippen molar-refractivity contribution in [2.24, 2.45) is 0 Å². The van der Waals surface area contributed by atoms with Crippen LogP contribution >= 0.6 is 23.2 Å². The molecule has 2 aromatic rings. The summed E-state index contributed by atoms with van der Waals surface area (Å²) in [4.78, 5) is 0. The van der Waals surface area contributed by atoms with Crippen molar-refractivity contribution >= 4 is 23.2 Å². The van der Waals surface area contributed by atoms with Gasteiger partial charge in [0.2, 0.25) is 0 Å². The number of hydrogen-bond donors (Lipinski definition) is 1.